The molecular formula is C15H22FN3O3S. The maximum atomic E-state index is 13.7. The quantitative estimate of drug-likeness (QED) is 0.797. The van der Waals surface area contributed by atoms with E-state index in [0.717, 1.165) is 18.9 Å². The Morgan fingerprint density at radius 1 is 1.43 bits per heavy atom. The number of sulfonamides is 1. The first-order valence-electron chi connectivity index (χ1n) is 7.58. The molecule has 0 aliphatic carbocycles. The lowest BCUT2D eigenvalue weighted by atomic mass is 10.2. The van der Waals surface area contributed by atoms with Crippen molar-refractivity contribution in [3.8, 4) is 0 Å². The molecule has 0 saturated carbocycles. The normalized spacial score (nSPS) is 19.8. The van der Waals surface area contributed by atoms with Gasteiger partial charge in [-0.15, -0.1) is 0 Å². The number of carbonyl (C=O) groups is 1. The number of carbonyl (C=O) groups excluding carboxylic acids is 1. The second-order valence-electron chi connectivity index (χ2n) is 5.66. The highest BCUT2D eigenvalue weighted by atomic mass is 32.2. The van der Waals surface area contributed by atoms with Crippen LogP contribution < -0.4 is 10.0 Å². The standard InChI is InChI=1S/C15H22FN3O3S/c1-11(15(20)19-9-5-6-12(19)10-17-2)18-23(21,22)14-8-4-3-7-13(14)16/h3-4,7-8,11-12,17-18H,5-6,9-10H2,1-2H3. The molecule has 128 valence electrons. The number of likely N-dealkylation sites (tertiary alicyclic amines) is 1. The van der Waals surface area contributed by atoms with Gasteiger partial charge in [-0.2, -0.15) is 4.72 Å². The fourth-order valence-corrected chi connectivity index (χ4v) is 4.11. The highest BCUT2D eigenvalue weighted by molar-refractivity contribution is 7.89. The molecule has 23 heavy (non-hydrogen) atoms. The van der Waals surface area contributed by atoms with Crippen LogP contribution in [-0.2, 0) is 14.8 Å². The lowest BCUT2D eigenvalue weighted by Gasteiger charge is -2.27. The van der Waals surface area contributed by atoms with Crippen LogP contribution in [0.15, 0.2) is 29.2 Å². The summed E-state index contributed by atoms with van der Waals surface area (Å²) in [6.07, 6.45) is 1.78. The number of rotatable bonds is 6. The van der Waals surface area contributed by atoms with Crippen molar-refractivity contribution in [2.75, 3.05) is 20.1 Å². The lowest BCUT2D eigenvalue weighted by molar-refractivity contribution is -0.133. The van der Waals surface area contributed by atoms with Crippen LogP contribution in [0.2, 0.25) is 0 Å². The molecule has 1 amide bonds. The number of hydrogen-bond donors (Lipinski definition) is 2. The molecular weight excluding hydrogens is 321 g/mol. The summed E-state index contributed by atoms with van der Waals surface area (Å²) < 4.78 is 40.5. The van der Waals surface area contributed by atoms with Gasteiger partial charge in [0.2, 0.25) is 15.9 Å². The summed E-state index contributed by atoms with van der Waals surface area (Å²) in [5, 5.41) is 3.03. The first-order chi connectivity index (χ1) is 10.9. The molecule has 6 nitrogen and oxygen atoms in total. The average molecular weight is 343 g/mol. The van der Waals surface area contributed by atoms with Crippen LogP contribution in [0.1, 0.15) is 19.8 Å². The van der Waals surface area contributed by atoms with Crippen LogP contribution in [0.3, 0.4) is 0 Å². The van der Waals surface area contributed by atoms with E-state index in [1.165, 1.54) is 25.1 Å². The third-order valence-corrected chi connectivity index (χ3v) is 5.50. The van der Waals surface area contributed by atoms with Crippen molar-refractivity contribution in [1.29, 1.82) is 0 Å². The Hall–Kier alpha value is -1.51. The molecule has 2 atom stereocenters. The summed E-state index contributed by atoms with van der Waals surface area (Å²) in [4.78, 5) is 13.7. The summed E-state index contributed by atoms with van der Waals surface area (Å²) in [6, 6.07) is 4.21. The predicted molar refractivity (Wildman–Crippen MR) is 84.8 cm³/mol. The Morgan fingerprint density at radius 2 is 2.13 bits per heavy atom. The van der Waals surface area contributed by atoms with E-state index in [1.807, 2.05) is 7.05 Å². The molecule has 1 saturated heterocycles. The topological polar surface area (TPSA) is 78.5 Å². The van der Waals surface area contributed by atoms with Gasteiger partial charge in [-0.25, -0.2) is 12.8 Å². The smallest absolute Gasteiger partial charge is 0.244 e. The van der Waals surface area contributed by atoms with Gasteiger partial charge >= 0.3 is 0 Å². The van der Waals surface area contributed by atoms with Gasteiger partial charge in [0.05, 0.1) is 6.04 Å². The van der Waals surface area contributed by atoms with Crippen LogP contribution >= 0.6 is 0 Å². The fourth-order valence-electron chi connectivity index (χ4n) is 2.83. The molecule has 2 N–H and O–H groups in total. The molecule has 1 aromatic rings. The van der Waals surface area contributed by atoms with Crippen molar-refractivity contribution in [2.45, 2.75) is 36.7 Å². The summed E-state index contributed by atoms with van der Waals surface area (Å²) in [5.41, 5.74) is 0. The largest absolute Gasteiger partial charge is 0.337 e. The Morgan fingerprint density at radius 3 is 2.78 bits per heavy atom. The second-order valence-corrected chi connectivity index (χ2v) is 7.34. The molecule has 1 heterocycles. The zero-order valence-electron chi connectivity index (χ0n) is 13.3. The Bertz CT molecular complexity index is 666. The minimum Gasteiger partial charge on any atom is -0.337 e. The van der Waals surface area contributed by atoms with Crippen LogP contribution in [0, 0.1) is 5.82 Å². The molecule has 1 aliphatic rings. The highest BCUT2D eigenvalue weighted by Crippen LogP contribution is 2.19. The van der Waals surface area contributed by atoms with Crippen LogP contribution in [0.5, 0.6) is 0 Å². The zero-order valence-corrected chi connectivity index (χ0v) is 14.1. The van der Waals surface area contributed by atoms with E-state index < -0.39 is 26.8 Å². The molecule has 8 heteroatoms. The third kappa shape index (κ3) is 4.07. The Kier molecular flexibility index (Phi) is 5.72. The Balaban J connectivity index is 2.10. The van der Waals surface area contributed by atoms with Gasteiger partial charge in [0.15, 0.2) is 0 Å². The molecule has 1 aliphatic heterocycles. The van der Waals surface area contributed by atoms with E-state index in [9.17, 15) is 17.6 Å². The van der Waals surface area contributed by atoms with E-state index in [2.05, 4.69) is 10.0 Å². The first-order valence-corrected chi connectivity index (χ1v) is 9.07. The predicted octanol–water partition coefficient (Wildman–Crippen LogP) is 0.703. The molecule has 0 radical (unpaired) electrons. The van der Waals surface area contributed by atoms with Crippen LogP contribution in [0.25, 0.3) is 0 Å². The molecule has 2 rings (SSSR count). The second kappa shape index (κ2) is 7.37. The first kappa shape index (κ1) is 17.8. The van der Waals surface area contributed by atoms with Gasteiger partial charge < -0.3 is 10.2 Å². The summed E-state index contributed by atoms with van der Waals surface area (Å²) in [7, 11) is -2.27. The fraction of sp³-hybridized carbons (Fsp3) is 0.533. The van der Waals surface area contributed by atoms with Crippen LogP contribution in [0.4, 0.5) is 4.39 Å². The molecule has 0 spiro atoms. The van der Waals surface area contributed by atoms with Gasteiger partial charge in [-0.3, -0.25) is 4.79 Å². The number of likely N-dealkylation sites (N-methyl/N-ethyl adjacent to an activating group) is 1. The molecule has 1 aromatic carbocycles. The summed E-state index contributed by atoms with van der Waals surface area (Å²) in [5.74, 6) is -1.13. The van der Waals surface area contributed by atoms with Crippen LogP contribution in [-0.4, -0.2) is 51.4 Å². The molecule has 2 unspecified atom stereocenters. The maximum Gasteiger partial charge on any atom is 0.244 e. The van der Waals surface area contributed by atoms with Crippen molar-refractivity contribution in [3.05, 3.63) is 30.1 Å². The molecule has 1 fully saturated rings. The van der Waals surface area contributed by atoms with Gasteiger partial charge in [0.25, 0.3) is 0 Å². The number of hydrogen-bond acceptors (Lipinski definition) is 4. The van der Waals surface area contributed by atoms with E-state index in [1.54, 1.807) is 4.90 Å². The van der Waals surface area contributed by atoms with Crippen molar-refractivity contribution < 1.29 is 17.6 Å². The van der Waals surface area contributed by atoms with E-state index >= 15 is 0 Å². The lowest BCUT2D eigenvalue weighted by Crippen LogP contribution is -2.50. The van der Waals surface area contributed by atoms with Gasteiger partial charge in [0.1, 0.15) is 10.7 Å². The van der Waals surface area contributed by atoms with E-state index in [-0.39, 0.29) is 11.9 Å². The van der Waals surface area contributed by atoms with Gasteiger partial charge in [-0.1, -0.05) is 12.1 Å². The monoisotopic (exact) mass is 343 g/mol. The minimum atomic E-state index is -4.08. The zero-order chi connectivity index (χ0) is 17.0. The Labute approximate surface area is 136 Å². The summed E-state index contributed by atoms with van der Waals surface area (Å²) >= 11 is 0. The number of benzene rings is 1. The highest BCUT2D eigenvalue weighted by Gasteiger charge is 2.33. The maximum absolute atomic E-state index is 13.7. The van der Waals surface area contributed by atoms with Crippen molar-refractivity contribution in [1.82, 2.24) is 14.9 Å². The summed E-state index contributed by atoms with van der Waals surface area (Å²) in [6.45, 7) is 2.75. The average Bonchev–Trinajstić information content (AvgIpc) is 2.95. The minimum absolute atomic E-state index is 0.0629. The SMILES string of the molecule is CNCC1CCCN1C(=O)C(C)NS(=O)(=O)c1ccccc1F. The van der Waals surface area contributed by atoms with Gasteiger partial charge in [-0.05, 0) is 38.9 Å². The number of nitrogens with one attached hydrogen (secondary N) is 2. The number of amides is 1. The van der Waals surface area contributed by atoms with E-state index in [4.69, 9.17) is 0 Å². The van der Waals surface area contributed by atoms with E-state index in [0.29, 0.717) is 13.1 Å². The molecule has 0 bridgehead atoms. The number of halogens is 1. The van der Waals surface area contributed by atoms with Gasteiger partial charge in [0, 0.05) is 19.1 Å². The van der Waals surface area contributed by atoms with Crippen molar-refractivity contribution in [2.24, 2.45) is 0 Å². The third-order valence-electron chi connectivity index (χ3n) is 3.93. The van der Waals surface area contributed by atoms with Crippen molar-refractivity contribution >= 4 is 15.9 Å². The number of nitrogens with zero attached hydrogens (tertiary/aromatic N) is 1. The van der Waals surface area contributed by atoms with Crippen molar-refractivity contribution in [3.63, 3.8) is 0 Å². The molecule has 0 aromatic heterocycles.